The maximum absolute atomic E-state index is 12.0. The largest absolute Gasteiger partial charge is 0.493 e. The molecule has 120 valence electrons. The zero-order valence-electron chi connectivity index (χ0n) is 13.1. The number of nitrogens with one attached hydrogen (secondary N) is 2. The first-order valence-corrected chi connectivity index (χ1v) is 8.08. The molecule has 1 amide bonds. The molecular weight excluding hydrogens is 288 g/mol. The molecule has 2 aromatic rings. The number of rotatable bonds is 6. The summed E-state index contributed by atoms with van der Waals surface area (Å²) in [4.78, 5) is 12.0. The number of hydrogen-bond acceptors (Lipinski definition) is 3. The Balaban J connectivity index is 1.43. The van der Waals surface area contributed by atoms with E-state index in [0.717, 1.165) is 18.7 Å². The molecule has 1 atom stereocenters. The minimum absolute atomic E-state index is 0.0192. The number of fused-ring (bicyclic) bond motifs is 1. The first-order valence-electron chi connectivity index (χ1n) is 8.08. The van der Waals surface area contributed by atoms with Gasteiger partial charge in [-0.3, -0.25) is 4.79 Å². The SMILES string of the molecule is O=C(CCOc1ccccc1)NCC1NCCc2ccccc21. The predicted molar refractivity (Wildman–Crippen MR) is 90.5 cm³/mol. The third-order valence-corrected chi connectivity index (χ3v) is 4.06. The van der Waals surface area contributed by atoms with Gasteiger partial charge in [-0.15, -0.1) is 0 Å². The molecule has 2 N–H and O–H groups in total. The summed E-state index contributed by atoms with van der Waals surface area (Å²) >= 11 is 0. The average molecular weight is 310 g/mol. The Labute approximate surface area is 136 Å². The van der Waals surface area contributed by atoms with Crippen molar-refractivity contribution in [2.24, 2.45) is 0 Å². The highest BCUT2D eigenvalue weighted by atomic mass is 16.5. The summed E-state index contributed by atoms with van der Waals surface area (Å²) in [6.07, 6.45) is 1.41. The molecule has 0 aromatic heterocycles. The van der Waals surface area contributed by atoms with Gasteiger partial charge < -0.3 is 15.4 Å². The van der Waals surface area contributed by atoms with E-state index in [-0.39, 0.29) is 11.9 Å². The molecule has 2 aromatic carbocycles. The summed E-state index contributed by atoms with van der Waals surface area (Å²) in [5.74, 6) is 0.814. The van der Waals surface area contributed by atoms with E-state index in [1.807, 2.05) is 36.4 Å². The number of benzene rings is 2. The Morgan fingerprint density at radius 3 is 2.78 bits per heavy atom. The predicted octanol–water partition coefficient (Wildman–Crippen LogP) is 2.46. The summed E-state index contributed by atoms with van der Waals surface area (Å²) in [5.41, 5.74) is 2.66. The fourth-order valence-corrected chi connectivity index (χ4v) is 2.86. The monoisotopic (exact) mass is 310 g/mol. The molecule has 3 rings (SSSR count). The molecule has 4 heteroatoms. The summed E-state index contributed by atoms with van der Waals surface area (Å²) in [6, 6.07) is 18.2. The molecule has 1 aliphatic rings. The van der Waals surface area contributed by atoms with Gasteiger partial charge in [-0.2, -0.15) is 0 Å². The summed E-state index contributed by atoms with van der Waals surface area (Å²) in [7, 11) is 0. The average Bonchev–Trinajstić information content (AvgIpc) is 2.61. The van der Waals surface area contributed by atoms with E-state index in [4.69, 9.17) is 4.74 Å². The van der Waals surface area contributed by atoms with Crippen molar-refractivity contribution in [3.63, 3.8) is 0 Å². The van der Waals surface area contributed by atoms with Crippen LogP contribution in [0.15, 0.2) is 54.6 Å². The van der Waals surface area contributed by atoms with Crippen molar-refractivity contribution in [2.45, 2.75) is 18.9 Å². The Kier molecular flexibility index (Phi) is 5.27. The Hall–Kier alpha value is -2.33. The van der Waals surface area contributed by atoms with E-state index in [2.05, 4.69) is 28.8 Å². The van der Waals surface area contributed by atoms with Crippen molar-refractivity contribution in [3.05, 3.63) is 65.7 Å². The van der Waals surface area contributed by atoms with Crippen molar-refractivity contribution in [3.8, 4) is 5.75 Å². The van der Waals surface area contributed by atoms with Crippen molar-refractivity contribution >= 4 is 5.91 Å². The fourth-order valence-electron chi connectivity index (χ4n) is 2.86. The first kappa shape index (κ1) is 15.6. The van der Waals surface area contributed by atoms with Crippen LogP contribution in [-0.4, -0.2) is 25.6 Å². The fraction of sp³-hybridized carbons (Fsp3) is 0.316. The van der Waals surface area contributed by atoms with Crippen LogP contribution in [0.4, 0.5) is 0 Å². The van der Waals surface area contributed by atoms with Crippen molar-refractivity contribution in [1.82, 2.24) is 10.6 Å². The molecule has 1 unspecified atom stereocenters. The number of para-hydroxylation sites is 1. The zero-order valence-corrected chi connectivity index (χ0v) is 13.1. The van der Waals surface area contributed by atoms with Gasteiger partial charge in [0.1, 0.15) is 5.75 Å². The van der Waals surface area contributed by atoms with E-state index in [1.54, 1.807) is 0 Å². The standard InChI is InChI=1S/C19H22N2O2/c22-19(11-13-23-16-7-2-1-3-8-16)21-14-18-17-9-5-4-6-15(17)10-12-20-18/h1-9,18,20H,10-14H2,(H,21,22). The van der Waals surface area contributed by atoms with Gasteiger partial charge in [-0.05, 0) is 36.2 Å². The molecule has 1 aliphatic heterocycles. The molecule has 0 saturated carbocycles. The maximum Gasteiger partial charge on any atom is 0.223 e. The maximum atomic E-state index is 12.0. The summed E-state index contributed by atoms with van der Waals surface area (Å²) < 4.78 is 5.55. The lowest BCUT2D eigenvalue weighted by Gasteiger charge is -2.27. The minimum Gasteiger partial charge on any atom is -0.493 e. The molecule has 1 heterocycles. The second-order valence-electron chi connectivity index (χ2n) is 5.67. The van der Waals surface area contributed by atoms with Gasteiger partial charge >= 0.3 is 0 Å². The van der Waals surface area contributed by atoms with Crippen LogP contribution in [0.2, 0.25) is 0 Å². The number of ether oxygens (including phenoxy) is 1. The lowest BCUT2D eigenvalue weighted by Crippen LogP contribution is -2.39. The second kappa shape index (κ2) is 7.79. The van der Waals surface area contributed by atoms with Crippen LogP contribution in [0.25, 0.3) is 0 Å². The summed E-state index contributed by atoms with van der Waals surface area (Å²) in [6.45, 7) is 1.96. The second-order valence-corrected chi connectivity index (χ2v) is 5.67. The van der Waals surface area contributed by atoms with Crippen molar-refractivity contribution in [1.29, 1.82) is 0 Å². The molecule has 0 aliphatic carbocycles. The van der Waals surface area contributed by atoms with Gasteiger partial charge in [-0.1, -0.05) is 42.5 Å². The van der Waals surface area contributed by atoms with Crippen LogP contribution < -0.4 is 15.4 Å². The molecule has 0 bridgehead atoms. The zero-order chi connectivity index (χ0) is 15.9. The van der Waals surface area contributed by atoms with Gasteiger partial charge in [0.05, 0.1) is 13.0 Å². The van der Waals surface area contributed by atoms with Crippen molar-refractivity contribution in [2.75, 3.05) is 19.7 Å². The van der Waals surface area contributed by atoms with Gasteiger partial charge in [0.2, 0.25) is 5.91 Å². The minimum atomic E-state index is 0.0192. The lowest BCUT2D eigenvalue weighted by atomic mass is 9.94. The first-order chi connectivity index (χ1) is 11.3. The van der Waals surface area contributed by atoms with E-state index in [9.17, 15) is 4.79 Å². The molecule has 0 radical (unpaired) electrons. The Bertz CT molecular complexity index is 643. The third kappa shape index (κ3) is 4.33. The molecule has 0 spiro atoms. The highest BCUT2D eigenvalue weighted by Gasteiger charge is 2.19. The molecule has 0 fully saturated rings. The Morgan fingerprint density at radius 1 is 1.13 bits per heavy atom. The Morgan fingerprint density at radius 2 is 1.91 bits per heavy atom. The van der Waals surface area contributed by atoms with Crippen LogP contribution in [0.3, 0.4) is 0 Å². The molecule has 0 saturated heterocycles. The number of hydrogen-bond donors (Lipinski definition) is 2. The highest BCUT2D eigenvalue weighted by molar-refractivity contribution is 5.76. The smallest absolute Gasteiger partial charge is 0.223 e. The molecule has 4 nitrogen and oxygen atoms in total. The van der Waals surface area contributed by atoms with E-state index < -0.39 is 0 Å². The summed E-state index contributed by atoms with van der Waals surface area (Å²) in [5, 5.41) is 6.46. The third-order valence-electron chi connectivity index (χ3n) is 4.06. The van der Waals surface area contributed by atoms with E-state index >= 15 is 0 Å². The van der Waals surface area contributed by atoms with Crippen LogP contribution >= 0.6 is 0 Å². The molecule has 23 heavy (non-hydrogen) atoms. The van der Waals surface area contributed by atoms with Crippen LogP contribution in [0.5, 0.6) is 5.75 Å². The van der Waals surface area contributed by atoms with Crippen LogP contribution in [-0.2, 0) is 11.2 Å². The quantitative estimate of drug-likeness (QED) is 0.862. The van der Waals surface area contributed by atoms with Gasteiger partial charge in [0.25, 0.3) is 0 Å². The van der Waals surface area contributed by atoms with E-state index in [0.29, 0.717) is 19.6 Å². The topological polar surface area (TPSA) is 50.4 Å². The van der Waals surface area contributed by atoms with Crippen molar-refractivity contribution < 1.29 is 9.53 Å². The lowest BCUT2D eigenvalue weighted by molar-refractivity contribution is -0.121. The van der Waals surface area contributed by atoms with Gasteiger partial charge in [0, 0.05) is 12.6 Å². The van der Waals surface area contributed by atoms with E-state index in [1.165, 1.54) is 11.1 Å². The normalized spacial score (nSPS) is 16.4. The van der Waals surface area contributed by atoms with Gasteiger partial charge in [-0.25, -0.2) is 0 Å². The number of amides is 1. The molecular formula is C19H22N2O2. The van der Waals surface area contributed by atoms with Gasteiger partial charge in [0.15, 0.2) is 0 Å². The number of carbonyl (C=O) groups is 1. The van der Waals surface area contributed by atoms with Crippen LogP contribution in [0.1, 0.15) is 23.6 Å². The highest BCUT2D eigenvalue weighted by Crippen LogP contribution is 2.21. The van der Waals surface area contributed by atoms with Crippen LogP contribution in [0, 0.1) is 0 Å². The number of carbonyl (C=O) groups excluding carboxylic acids is 1.